The highest BCUT2D eigenvalue weighted by atomic mass is 16.3. The molecule has 1 heterocycles. The molecule has 0 aliphatic rings. The molecule has 92 valence electrons. The predicted molar refractivity (Wildman–Crippen MR) is 62.0 cm³/mol. The van der Waals surface area contributed by atoms with Gasteiger partial charge in [-0.2, -0.15) is 5.10 Å². The van der Waals surface area contributed by atoms with Gasteiger partial charge >= 0.3 is 0 Å². The second-order valence-corrected chi connectivity index (χ2v) is 4.01. The molecule has 5 heteroatoms. The highest BCUT2D eigenvalue weighted by Gasteiger charge is 2.05. The third kappa shape index (κ3) is 3.92. The SMILES string of the molecule is CCC(C)n1ccc(CNCC(O)CO)n1. The summed E-state index contributed by atoms with van der Waals surface area (Å²) < 4.78 is 1.94. The minimum absolute atomic E-state index is 0.214. The van der Waals surface area contributed by atoms with Gasteiger partial charge in [-0.25, -0.2) is 0 Å². The first-order valence-electron chi connectivity index (χ1n) is 5.71. The molecule has 1 aromatic rings. The van der Waals surface area contributed by atoms with E-state index in [0.717, 1.165) is 12.1 Å². The molecule has 1 rings (SSSR count). The zero-order valence-electron chi connectivity index (χ0n) is 9.93. The second-order valence-electron chi connectivity index (χ2n) is 4.01. The monoisotopic (exact) mass is 227 g/mol. The lowest BCUT2D eigenvalue weighted by Gasteiger charge is -2.09. The van der Waals surface area contributed by atoms with Crippen molar-refractivity contribution in [3.63, 3.8) is 0 Å². The largest absolute Gasteiger partial charge is 0.394 e. The van der Waals surface area contributed by atoms with Gasteiger partial charge in [-0.05, 0) is 19.4 Å². The van der Waals surface area contributed by atoms with Gasteiger partial charge in [-0.3, -0.25) is 4.68 Å². The van der Waals surface area contributed by atoms with E-state index in [1.807, 2.05) is 16.9 Å². The molecule has 0 aliphatic heterocycles. The molecule has 2 unspecified atom stereocenters. The van der Waals surface area contributed by atoms with E-state index in [0.29, 0.717) is 19.1 Å². The Balaban J connectivity index is 2.35. The highest BCUT2D eigenvalue weighted by Crippen LogP contribution is 2.08. The van der Waals surface area contributed by atoms with Crippen LogP contribution in [0.3, 0.4) is 0 Å². The summed E-state index contributed by atoms with van der Waals surface area (Å²) in [7, 11) is 0. The minimum Gasteiger partial charge on any atom is -0.394 e. The molecule has 5 nitrogen and oxygen atoms in total. The van der Waals surface area contributed by atoms with Crippen LogP contribution in [0.2, 0.25) is 0 Å². The second kappa shape index (κ2) is 6.62. The van der Waals surface area contributed by atoms with Crippen LogP contribution in [-0.2, 0) is 6.54 Å². The summed E-state index contributed by atoms with van der Waals surface area (Å²) in [5, 5.41) is 25.2. The zero-order valence-corrected chi connectivity index (χ0v) is 9.93. The molecular weight excluding hydrogens is 206 g/mol. The molecule has 0 aromatic carbocycles. The van der Waals surface area contributed by atoms with Gasteiger partial charge in [0.05, 0.1) is 18.4 Å². The maximum atomic E-state index is 9.13. The first-order valence-corrected chi connectivity index (χ1v) is 5.71. The molecule has 1 aromatic heterocycles. The van der Waals surface area contributed by atoms with Gasteiger partial charge in [0, 0.05) is 25.3 Å². The van der Waals surface area contributed by atoms with Crippen LogP contribution >= 0.6 is 0 Å². The molecule has 2 atom stereocenters. The number of hydrogen-bond donors (Lipinski definition) is 3. The van der Waals surface area contributed by atoms with Crippen molar-refractivity contribution < 1.29 is 10.2 Å². The first kappa shape index (κ1) is 13.2. The molecule has 0 saturated carbocycles. The van der Waals surface area contributed by atoms with E-state index in [-0.39, 0.29) is 6.61 Å². The van der Waals surface area contributed by atoms with Crippen LogP contribution in [0.4, 0.5) is 0 Å². The summed E-state index contributed by atoms with van der Waals surface area (Å²) >= 11 is 0. The van der Waals surface area contributed by atoms with Gasteiger partial charge in [0.2, 0.25) is 0 Å². The number of aliphatic hydroxyl groups is 2. The zero-order chi connectivity index (χ0) is 12.0. The Kier molecular flexibility index (Phi) is 5.45. The Bertz CT molecular complexity index is 301. The van der Waals surface area contributed by atoms with Gasteiger partial charge in [0.1, 0.15) is 0 Å². The van der Waals surface area contributed by atoms with Gasteiger partial charge in [0.15, 0.2) is 0 Å². The van der Waals surface area contributed by atoms with Gasteiger partial charge in [-0.15, -0.1) is 0 Å². The summed E-state index contributed by atoms with van der Waals surface area (Å²) in [6.07, 6.45) is 2.32. The van der Waals surface area contributed by atoms with Crippen LogP contribution in [0.1, 0.15) is 32.0 Å². The topological polar surface area (TPSA) is 70.3 Å². The van der Waals surface area contributed by atoms with Crippen LogP contribution in [-0.4, -0.2) is 39.2 Å². The van der Waals surface area contributed by atoms with Crippen molar-refractivity contribution in [2.75, 3.05) is 13.2 Å². The first-order chi connectivity index (χ1) is 7.67. The van der Waals surface area contributed by atoms with Crippen molar-refractivity contribution in [2.24, 2.45) is 0 Å². The van der Waals surface area contributed by atoms with Crippen molar-refractivity contribution in [2.45, 2.75) is 39.0 Å². The fraction of sp³-hybridized carbons (Fsp3) is 0.727. The van der Waals surface area contributed by atoms with E-state index >= 15 is 0 Å². The van der Waals surface area contributed by atoms with Crippen LogP contribution in [0.15, 0.2) is 12.3 Å². The number of rotatable bonds is 7. The number of aromatic nitrogens is 2. The summed E-state index contributed by atoms with van der Waals surface area (Å²) in [5.41, 5.74) is 0.949. The van der Waals surface area contributed by atoms with Crippen molar-refractivity contribution in [1.29, 1.82) is 0 Å². The van der Waals surface area contributed by atoms with E-state index in [4.69, 9.17) is 10.2 Å². The fourth-order valence-electron chi connectivity index (χ4n) is 1.34. The standard InChI is InChI=1S/C11H21N3O2/c1-3-9(2)14-5-4-10(13-14)6-12-7-11(16)8-15/h4-5,9,11-12,15-16H,3,6-8H2,1-2H3. The van der Waals surface area contributed by atoms with Gasteiger partial charge < -0.3 is 15.5 Å². The third-order valence-corrected chi connectivity index (χ3v) is 2.60. The Morgan fingerprint density at radius 2 is 2.31 bits per heavy atom. The summed E-state index contributed by atoms with van der Waals surface area (Å²) in [6.45, 7) is 5.03. The Labute approximate surface area is 96.1 Å². The van der Waals surface area contributed by atoms with Crippen molar-refractivity contribution in [3.05, 3.63) is 18.0 Å². The maximum Gasteiger partial charge on any atom is 0.0895 e. The van der Waals surface area contributed by atoms with Crippen molar-refractivity contribution in [1.82, 2.24) is 15.1 Å². The van der Waals surface area contributed by atoms with Gasteiger partial charge in [0.25, 0.3) is 0 Å². The number of aliphatic hydroxyl groups excluding tert-OH is 2. The average molecular weight is 227 g/mol. The van der Waals surface area contributed by atoms with E-state index in [9.17, 15) is 0 Å². The lowest BCUT2D eigenvalue weighted by Crippen LogP contribution is -2.29. The lowest BCUT2D eigenvalue weighted by atomic mass is 10.3. The normalized spacial score (nSPS) is 15.0. The predicted octanol–water partition coefficient (Wildman–Crippen LogP) is 0.297. The molecule has 3 N–H and O–H groups in total. The lowest BCUT2D eigenvalue weighted by molar-refractivity contribution is 0.0941. The van der Waals surface area contributed by atoms with Crippen molar-refractivity contribution in [3.8, 4) is 0 Å². The minimum atomic E-state index is -0.698. The summed E-state index contributed by atoms with van der Waals surface area (Å²) in [4.78, 5) is 0. The van der Waals surface area contributed by atoms with E-state index in [1.165, 1.54) is 0 Å². The Morgan fingerprint density at radius 1 is 1.56 bits per heavy atom. The average Bonchev–Trinajstić information content (AvgIpc) is 2.76. The summed E-state index contributed by atoms with van der Waals surface area (Å²) in [6, 6.07) is 2.38. The maximum absolute atomic E-state index is 9.13. The quantitative estimate of drug-likeness (QED) is 0.626. The summed E-state index contributed by atoms with van der Waals surface area (Å²) in [5.74, 6) is 0. The van der Waals surface area contributed by atoms with E-state index < -0.39 is 6.10 Å². The smallest absolute Gasteiger partial charge is 0.0895 e. The molecule has 16 heavy (non-hydrogen) atoms. The molecule has 0 radical (unpaired) electrons. The van der Waals surface area contributed by atoms with Crippen molar-refractivity contribution >= 4 is 0 Å². The van der Waals surface area contributed by atoms with Crippen LogP contribution in [0.5, 0.6) is 0 Å². The van der Waals surface area contributed by atoms with E-state index in [1.54, 1.807) is 0 Å². The Hall–Kier alpha value is -0.910. The molecule has 0 fully saturated rings. The van der Waals surface area contributed by atoms with Crippen LogP contribution in [0.25, 0.3) is 0 Å². The molecular formula is C11H21N3O2. The molecule has 0 amide bonds. The molecule has 0 aliphatic carbocycles. The fourth-order valence-corrected chi connectivity index (χ4v) is 1.34. The Morgan fingerprint density at radius 3 is 2.94 bits per heavy atom. The molecule has 0 spiro atoms. The highest BCUT2D eigenvalue weighted by molar-refractivity contribution is 4.99. The van der Waals surface area contributed by atoms with Crippen LogP contribution in [0, 0.1) is 0 Å². The van der Waals surface area contributed by atoms with Gasteiger partial charge in [-0.1, -0.05) is 6.92 Å². The number of hydrogen-bond acceptors (Lipinski definition) is 4. The van der Waals surface area contributed by atoms with E-state index in [2.05, 4.69) is 24.3 Å². The molecule has 0 saturated heterocycles. The number of nitrogens with zero attached hydrogens (tertiary/aromatic N) is 2. The third-order valence-electron chi connectivity index (χ3n) is 2.60. The van der Waals surface area contributed by atoms with Crippen LogP contribution < -0.4 is 5.32 Å². The number of nitrogens with one attached hydrogen (secondary N) is 1. The molecule has 0 bridgehead atoms.